The summed E-state index contributed by atoms with van der Waals surface area (Å²) in [5.74, 6) is 0.466. The summed E-state index contributed by atoms with van der Waals surface area (Å²) in [6.07, 6.45) is 6.21. The van der Waals surface area contributed by atoms with Crippen LogP contribution >= 0.6 is 0 Å². The molecule has 108 valence electrons. The maximum Gasteiger partial charge on any atom is 0.260 e. The van der Waals surface area contributed by atoms with Crippen LogP contribution in [0.4, 0.5) is 5.69 Å². The maximum absolute atomic E-state index is 12.8. The van der Waals surface area contributed by atoms with Gasteiger partial charge in [-0.25, -0.2) is 0 Å². The highest BCUT2D eigenvalue weighted by molar-refractivity contribution is 6.02. The molecule has 0 aromatic heterocycles. The highest BCUT2D eigenvalue weighted by Crippen LogP contribution is 2.30. The van der Waals surface area contributed by atoms with E-state index in [4.69, 9.17) is 10.5 Å². The van der Waals surface area contributed by atoms with E-state index in [-0.39, 0.29) is 11.9 Å². The Kier molecular flexibility index (Phi) is 4.66. The van der Waals surface area contributed by atoms with E-state index in [0.717, 1.165) is 12.8 Å². The molecule has 1 saturated carbocycles. The topological polar surface area (TPSA) is 55.6 Å². The number of carbonyl (C=O) groups excluding carboxylic acids is 1. The Balaban J connectivity index is 2.33. The second-order valence-electron chi connectivity index (χ2n) is 5.11. The van der Waals surface area contributed by atoms with Crippen LogP contribution in [0.5, 0.6) is 5.75 Å². The zero-order chi connectivity index (χ0) is 14.5. The number of benzene rings is 1. The number of hydrogen-bond acceptors (Lipinski definition) is 3. The Hall–Kier alpha value is -1.97. The molecule has 4 nitrogen and oxygen atoms in total. The maximum atomic E-state index is 12.8. The second kappa shape index (κ2) is 6.46. The van der Waals surface area contributed by atoms with Gasteiger partial charge in [-0.05, 0) is 25.0 Å². The number of rotatable bonds is 5. The average Bonchev–Trinajstić information content (AvgIpc) is 2.97. The number of nitrogens with two attached hydrogens (primary N) is 1. The van der Waals surface area contributed by atoms with Gasteiger partial charge in [-0.15, -0.1) is 6.58 Å². The number of nitrogen functional groups attached to an aromatic ring is 1. The number of methoxy groups -OCH3 is 1. The van der Waals surface area contributed by atoms with E-state index in [0.29, 0.717) is 23.5 Å². The molecule has 2 rings (SSSR count). The Morgan fingerprint density at radius 2 is 2.20 bits per heavy atom. The Bertz CT molecular complexity index is 493. The fourth-order valence-corrected chi connectivity index (χ4v) is 2.84. The van der Waals surface area contributed by atoms with Crippen molar-refractivity contribution in [3.8, 4) is 5.75 Å². The van der Waals surface area contributed by atoms with Gasteiger partial charge in [0.2, 0.25) is 0 Å². The zero-order valence-corrected chi connectivity index (χ0v) is 12.0. The molecule has 0 heterocycles. The molecule has 0 unspecified atom stereocenters. The first-order valence-corrected chi connectivity index (χ1v) is 7.03. The molecular weight excluding hydrogens is 252 g/mol. The molecule has 0 bridgehead atoms. The fourth-order valence-electron chi connectivity index (χ4n) is 2.84. The minimum absolute atomic E-state index is 0.0632. The molecule has 2 N–H and O–H groups in total. The molecule has 20 heavy (non-hydrogen) atoms. The molecule has 1 aromatic rings. The first-order chi connectivity index (χ1) is 9.69. The SMILES string of the molecule is C=CCN(C(=O)c1c(N)cccc1OC)C1CCCC1. The molecule has 1 aliphatic carbocycles. The molecule has 4 heteroatoms. The third-order valence-corrected chi connectivity index (χ3v) is 3.84. The number of nitrogens with zero attached hydrogens (tertiary/aromatic N) is 1. The lowest BCUT2D eigenvalue weighted by atomic mass is 10.1. The van der Waals surface area contributed by atoms with Gasteiger partial charge in [-0.3, -0.25) is 4.79 Å². The minimum atomic E-state index is -0.0632. The number of amides is 1. The van der Waals surface area contributed by atoms with Crippen LogP contribution in [-0.4, -0.2) is 30.5 Å². The molecule has 0 spiro atoms. The van der Waals surface area contributed by atoms with Crippen LogP contribution < -0.4 is 10.5 Å². The molecular formula is C16H22N2O2. The summed E-state index contributed by atoms with van der Waals surface area (Å²) in [4.78, 5) is 14.7. The van der Waals surface area contributed by atoms with Crippen molar-refractivity contribution in [3.63, 3.8) is 0 Å². The Morgan fingerprint density at radius 1 is 1.50 bits per heavy atom. The Labute approximate surface area is 120 Å². The van der Waals surface area contributed by atoms with Crippen LogP contribution in [0.25, 0.3) is 0 Å². The van der Waals surface area contributed by atoms with Gasteiger partial charge in [-0.1, -0.05) is 25.0 Å². The van der Waals surface area contributed by atoms with Gasteiger partial charge in [0.25, 0.3) is 5.91 Å². The van der Waals surface area contributed by atoms with Crippen LogP contribution in [-0.2, 0) is 0 Å². The monoisotopic (exact) mass is 274 g/mol. The predicted molar refractivity (Wildman–Crippen MR) is 80.9 cm³/mol. The first-order valence-electron chi connectivity index (χ1n) is 7.03. The fraction of sp³-hybridized carbons (Fsp3) is 0.438. The van der Waals surface area contributed by atoms with Gasteiger partial charge in [0, 0.05) is 18.3 Å². The largest absolute Gasteiger partial charge is 0.496 e. The van der Waals surface area contributed by atoms with Crippen molar-refractivity contribution in [1.82, 2.24) is 4.90 Å². The van der Waals surface area contributed by atoms with Gasteiger partial charge < -0.3 is 15.4 Å². The predicted octanol–water partition coefficient (Wildman–Crippen LogP) is 2.85. The van der Waals surface area contributed by atoms with E-state index in [2.05, 4.69) is 6.58 Å². The van der Waals surface area contributed by atoms with Crippen molar-refractivity contribution in [2.45, 2.75) is 31.7 Å². The van der Waals surface area contributed by atoms with Gasteiger partial charge in [0.15, 0.2) is 0 Å². The van der Waals surface area contributed by atoms with Crippen molar-refractivity contribution in [2.75, 3.05) is 19.4 Å². The van der Waals surface area contributed by atoms with Crippen molar-refractivity contribution in [2.24, 2.45) is 0 Å². The molecule has 1 aliphatic rings. The average molecular weight is 274 g/mol. The van der Waals surface area contributed by atoms with Crippen LogP contribution in [0.2, 0.25) is 0 Å². The molecule has 0 atom stereocenters. The molecule has 1 aromatic carbocycles. The summed E-state index contributed by atoms with van der Waals surface area (Å²) in [6.45, 7) is 4.30. The zero-order valence-electron chi connectivity index (χ0n) is 12.0. The van der Waals surface area contributed by atoms with Crippen LogP contribution in [0.3, 0.4) is 0 Å². The van der Waals surface area contributed by atoms with Gasteiger partial charge >= 0.3 is 0 Å². The van der Waals surface area contributed by atoms with Gasteiger partial charge in [-0.2, -0.15) is 0 Å². The number of anilines is 1. The summed E-state index contributed by atoms with van der Waals surface area (Å²) in [5, 5.41) is 0. The first kappa shape index (κ1) is 14.4. The number of hydrogen-bond donors (Lipinski definition) is 1. The summed E-state index contributed by atoms with van der Waals surface area (Å²) in [6, 6.07) is 5.57. The van der Waals surface area contributed by atoms with Crippen LogP contribution in [0.15, 0.2) is 30.9 Å². The smallest absolute Gasteiger partial charge is 0.260 e. The quantitative estimate of drug-likeness (QED) is 0.663. The summed E-state index contributed by atoms with van der Waals surface area (Å²) in [5.41, 5.74) is 6.90. The number of carbonyl (C=O) groups is 1. The van der Waals surface area contributed by atoms with E-state index in [1.54, 1.807) is 31.4 Å². The van der Waals surface area contributed by atoms with Crippen LogP contribution in [0.1, 0.15) is 36.0 Å². The summed E-state index contributed by atoms with van der Waals surface area (Å²) >= 11 is 0. The standard InChI is InChI=1S/C16H22N2O2/c1-3-11-18(12-7-4-5-8-12)16(19)15-13(17)9-6-10-14(15)20-2/h3,6,9-10,12H,1,4-5,7-8,11,17H2,2H3. The number of ether oxygens (including phenoxy) is 1. The highest BCUT2D eigenvalue weighted by Gasteiger charge is 2.29. The van der Waals surface area contributed by atoms with E-state index in [9.17, 15) is 4.79 Å². The van der Waals surface area contributed by atoms with Crippen molar-refractivity contribution in [3.05, 3.63) is 36.4 Å². The third-order valence-electron chi connectivity index (χ3n) is 3.84. The van der Waals surface area contributed by atoms with Gasteiger partial charge in [0.05, 0.1) is 7.11 Å². The van der Waals surface area contributed by atoms with E-state index >= 15 is 0 Å². The lowest BCUT2D eigenvalue weighted by molar-refractivity contribution is 0.0704. The van der Waals surface area contributed by atoms with Crippen molar-refractivity contribution >= 4 is 11.6 Å². The highest BCUT2D eigenvalue weighted by atomic mass is 16.5. The van der Waals surface area contributed by atoms with Crippen molar-refractivity contribution in [1.29, 1.82) is 0 Å². The minimum Gasteiger partial charge on any atom is -0.496 e. The molecule has 0 aliphatic heterocycles. The lowest BCUT2D eigenvalue weighted by Gasteiger charge is -2.29. The van der Waals surface area contributed by atoms with Crippen molar-refractivity contribution < 1.29 is 9.53 Å². The third kappa shape index (κ3) is 2.79. The van der Waals surface area contributed by atoms with E-state index < -0.39 is 0 Å². The van der Waals surface area contributed by atoms with Gasteiger partial charge in [0.1, 0.15) is 11.3 Å². The molecule has 0 radical (unpaired) electrons. The van der Waals surface area contributed by atoms with E-state index in [1.807, 2.05) is 4.90 Å². The van der Waals surface area contributed by atoms with E-state index in [1.165, 1.54) is 12.8 Å². The summed E-state index contributed by atoms with van der Waals surface area (Å²) < 4.78 is 5.28. The molecule has 1 amide bonds. The second-order valence-corrected chi connectivity index (χ2v) is 5.11. The normalized spacial score (nSPS) is 15.1. The molecule has 1 fully saturated rings. The summed E-state index contributed by atoms with van der Waals surface area (Å²) in [7, 11) is 1.55. The Morgan fingerprint density at radius 3 is 2.80 bits per heavy atom. The molecule has 0 saturated heterocycles. The van der Waals surface area contributed by atoms with Crippen LogP contribution in [0, 0.1) is 0 Å². The lowest BCUT2D eigenvalue weighted by Crippen LogP contribution is -2.39.